The van der Waals surface area contributed by atoms with Crippen LogP contribution in [-0.4, -0.2) is 30.3 Å². The van der Waals surface area contributed by atoms with E-state index in [1.165, 1.54) is 17.1 Å². The molecule has 0 spiro atoms. The molecule has 0 bridgehead atoms. The van der Waals surface area contributed by atoms with Gasteiger partial charge in [0.05, 0.1) is 0 Å². The van der Waals surface area contributed by atoms with Crippen LogP contribution in [0.5, 0.6) is 0 Å². The van der Waals surface area contributed by atoms with Crippen molar-refractivity contribution in [1.82, 2.24) is 5.32 Å². The Kier molecular flexibility index (Phi) is 7.81. The molecule has 1 atom stereocenters. The molecule has 90 valence electrons. The van der Waals surface area contributed by atoms with E-state index in [9.17, 15) is 0 Å². The molecule has 0 fully saturated rings. The van der Waals surface area contributed by atoms with Gasteiger partial charge in [-0.25, -0.2) is 0 Å². The summed E-state index contributed by atoms with van der Waals surface area (Å²) in [6.45, 7) is 3.36. The Bertz CT molecular complexity index is 264. The molecule has 1 rings (SSSR count). The van der Waals surface area contributed by atoms with Crippen molar-refractivity contribution < 1.29 is 0 Å². The molecule has 1 unspecified atom stereocenters. The molecule has 1 N–H and O–H groups in total. The molecule has 1 nitrogen and oxygen atoms in total. The van der Waals surface area contributed by atoms with E-state index in [4.69, 9.17) is 0 Å². The number of hydrogen-bond donors (Lipinski definition) is 1. The predicted octanol–water partition coefficient (Wildman–Crippen LogP) is 3.51. The van der Waals surface area contributed by atoms with Gasteiger partial charge >= 0.3 is 0 Å². The Balaban J connectivity index is 2.03. The number of rotatable bonds is 8. The quantitative estimate of drug-likeness (QED) is 0.564. The zero-order chi connectivity index (χ0) is 11.6. The van der Waals surface area contributed by atoms with Crippen molar-refractivity contribution in [3.8, 4) is 0 Å². The fourth-order valence-electron chi connectivity index (χ4n) is 1.39. The van der Waals surface area contributed by atoms with Crippen LogP contribution in [0.25, 0.3) is 0 Å². The molecule has 0 saturated carbocycles. The van der Waals surface area contributed by atoms with Crippen LogP contribution in [0.1, 0.15) is 13.3 Å². The first-order valence-corrected chi connectivity index (χ1v) is 8.11. The molecule has 0 aliphatic heterocycles. The van der Waals surface area contributed by atoms with Crippen LogP contribution in [0.2, 0.25) is 0 Å². The van der Waals surface area contributed by atoms with Crippen molar-refractivity contribution in [2.24, 2.45) is 0 Å². The lowest BCUT2D eigenvalue weighted by atomic mass is 10.3. The van der Waals surface area contributed by atoms with E-state index in [2.05, 4.69) is 48.8 Å². The Hall–Kier alpha value is -0.120. The molecule has 1 aromatic carbocycles. The van der Waals surface area contributed by atoms with Gasteiger partial charge in [-0.2, -0.15) is 11.8 Å². The van der Waals surface area contributed by atoms with Gasteiger partial charge in [-0.05, 0) is 37.5 Å². The maximum atomic E-state index is 3.55. The predicted molar refractivity (Wildman–Crippen MR) is 77.6 cm³/mol. The van der Waals surface area contributed by atoms with Crippen LogP contribution in [0.3, 0.4) is 0 Å². The third-order valence-corrected chi connectivity index (χ3v) is 4.02. The average molecular weight is 255 g/mol. The topological polar surface area (TPSA) is 12.0 Å². The minimum Gasteiger partial charge on any atom is -0.313 e. The molecule has 1 aromatic rings. The number of hydrogen-bond acceptors (Lipinski definition) is 3. The van der Waals surface area contributed by atoms with E-state index in [1.54, 1.807) is 0 Å². The van der Waals surface area contributed by atoms with E-state index < -0.39 is 0 Å². The Morgan fingerprint density at radius 2 is 1.94 bits per heavy atom. The van der Waals surface area contributed by atoms with Crippen molar-refractivity contribution >= 4 is 23.5 Å². The first-order chi connectivity index (χ1) is 7.83. The summed E-state index contributed by atoms with van der Waals surface area (Å²) in [4.78, 5) is 1.36. The highest BCUT2D eigenvalue weighted by atomic mass is 32.2. The van der Waals surface area contributed by atoms with Crippen molar-refractivity contribution in [3.05, 3.63) is 30.3 Å². The maximum Gasteiger partial charge on any atom is 0.0106 e. The van der Waals surface area contributed by atoms with Gasteiger partial charge in [0.25, 0.3) is 0 Å². The van der Waals surface area contributed by atoms with Crippen molar-refractivity contribution in [1.29, 1.82) is 0 Å². The van der Waals surface area contributed by atoms with Crippen molar-refractivity contribution in [2.45, 2.75) is 24.3 Å². The van der Waals surface area contributed by atoms with Gasteiger partial charge in [-0.1, -0.05) is 18.2 Å². The maximum absolute atomic E-state index is 3.55. The summed E-state index contributed by atoms with van der Waals surface area (Å²) in [5, 5.41) is 3.55. The van der Waals surface area contributed by atoms with E-state index in [-0.39, 0.29) is 0 Å². The average Bonchev–Trinajstić information content (AvgIpc) is 2.33. The normalized spacial score (nSPS) is 12.6. The standard InChI is InChI=1S/C13H21NS2/c1-12(8-10-15-2)14-9-11-16-13-6-4-3-5-7-13/h3-7,12,14H,8-11H2,1-2H3. The third-order valence-electron chi connectivity index (χ3n) is 2.36. The summed E-state index contributed by atoms with van der Waals surface area (Å²) in [5.74, 6) is 2.40. The minimum absolute atomic E-state index is 0.642. The van der Waals surface area contributed by atoms with Gasteiger partial charge in [-0.15, -0.1) is 11.8 Å². The van der Waals surface area contributed by atoms with Gasteiger partial charge in [0, 0.05) is 23.2 Å². The molecule has 0 aliphatic rings. The van der Waals surface area contributed by atoms with Crippen LogP contribution in [0.15, 0.2) is 35.2 Å². The lowest BCUT2D eigenvalue weighted by Crippen LogP contribution is -2.28. The summed E-state index contributed by atoms with van der Waals surface area (Å²) in [6.07, 6.45) is 3.43. The van der Waals surface area contributed by atoms with Crippen LogP contribution < -0.4 is 5.32 Å². The zero-order valence-corrected chi connectivity index (χ0v) is 11.7. The Labute approximate surface area is 108 Å². The van der Waals surface area contributed by atoms with E-state index >= 15 is 0 Å². The molecule has 0 aliphatic carbocycles. The fourth-order valence-corrected chi connectivity index (χ4v) is 2.78. The number of nitrogens with one attached hydrogen (secondary N) is 1. The van der Waals surface area contributed by atoms with E-state index in [0.717, 1.165) is 12.3 Å². The van der Waals surface area contributed by atoms with Gasteiger partial charge in [-0.3, -0.25) is 0 Å². The second-order valence-corrected chi connectivity index (χ2v) is 5.95. The smallest absolute Gasteiger partial charge is 0.0106 e. The first-order valence-electron chi connectivity index (χ1n) is 5.73. The third kappa shape index (κ3) is 6.46. The zero-order valence-electron chi connectivity index (χ0n) is 10.1. The lowest BCUT2D eigenvalue weighted by molar-refractivity contribution is 0.559. The molecule has 16 heavy (non-hydrogen) atoms. The van der Waals surface area contributed by atoms with E-state index in [0.29, 0.717) is 6.04 Å². The lowest BCUT2D eigenvalue weighted by Gasteiger charge is -2.12. The van der Waals surface area contributed by atoms with Gasteiger partial charge in [0.1, 0.15) is 0 Å². The summed E-state index contributed by atoms with van der Waals surface area (Å²) in [6, 6.07) is 11.2. The monoisotopic (exact) mass is 255 g/mol. The molecule has 0 aromatic heterocycles. The highest BCUT2D eigenvalue weighted by Crippen LogP contribution is 2.15. The SMILES string of the molecule is CSCCC(C)NCCSc1ccccc1. The summed E-state index contributed by atoms with van der Waals surface area (Å²) in [7, 11) is 0. The molecular weight excluding hydrogens is 234 g/mol. The summed E-state index contributed by atoms with van der Waals surface area (Å²) < 4.78 is 0. The highest BCUT2D eigenvalue weighted by molar-refractivity contribution is 7.99. The largest absolute Gasteiger partial charge is 0.313 e. The summed E-state index contributed by atoms with van der Waals surface area (Å²) in [5.41, 5.74) is 0. The van der Waals surface area contributed by atoms with Gasteiger partial charge in [0.2, 0.25) is 0 Å². The Morgan fingerprint density at radius 3 is 2.62 bits per heavy atom. The van der Waals surface area contributed by atoms with Crippen LogP contribution in [0.4, 0.5) is 0 Å². The van der Waals surface area contributed by atoms with Crippen molar-refractivity contribution in [3.63, 3.8) is 0 Å². The minimum atomic E-state index is 0.642. The van der Waals surface area contributed by atoms with Gasteiger partial charge in [0.15, 0.2) is 0 Å². The molecule has 0 heterocycles. The Morgan fingerprint density at radius 1 is 1.19 bits per heavy atom. The number of benzene rings is 1. The second-order valence-electron chi connectivity index (χ2n) is 3.80. The van der Waals surface area contributed by atoms with Crippen molar-refractivity contribution in [2.75, 3.05) is 24.3 Å². The van der Waals surface area contributed by atoms with Crippen LogP contribution in [0, 0.1) is 0 Å². The first kappa shape index (κ1) is 13.9. The molecule has 0 saturated heterocycles. The van der Waals surface area contributed by atoms with Crippen LogP contribution in [-0.2, 0) is 0 Å². The molecule has 3 heteroatoms. The molecule has 0 radical (unpaired) electrons. The highest BCUT2D eigenvalue weighted by Gasteiger charge is 1.99. The van der Waals surface area contributed by atoms with Gasteiger partial charge < -0.3 is 5.32 Å². The molecule has 0 amide bonds. The molecular formula is C13H21NS2. The van der Waals surface area contributed by atoms with E-state index in [1.807, 2.05) is 23.5 Å². The fraction of sp³-hybridized carbons (Fsp3) is 0.538. The number of thioether (sulfide) groups is 2. The second kappa shape index (κ2) is 8.97. The van der Waals surface area contributed by atoms with Crippen LogP contribution >= 0.6 is 23.5 Å². The summed E-state index contributed by atoms with van der Waals surface area (Å²) >= 11 is 3.84.